The average molecular weight is 257 g/mol. The summed E-state index contributed by atoms with van der Waals surface area (Å²) in [4.78, 5) is 13.7. The van der Waals surface area contributed by atoms with Gasteiger partial charge in [-0.15, -0.1) is 10.2 Å². The van der Waals surface area contributed by atoms with Gasteiger partial charge in [-0.25, -0.2) is 0 Å². The Morgan fingerprint density at radius 1 is 1.41 bits per heavy atom. The van der Waals surface area contributed by atoms with E-state index >= 15 is 0 Å². The molecule has 0 spiro atoms. The Balaban J connectivity index is 2.31. The van der Waals surface area contributed by atoms with Gasteiger partial charge in [-0.1, -0.05) is 11.3 Å². The molecule has 0 saturated heterocycles. The van der Waals surface area contributed by atoms with Gasteiger partial charge in [-0.3, -0.25) is 4.79 Å². The van der Waals surface area contributed by atoms with E-state index in [1.54, 1.807) is 0 Å². The number of aromatic nitrogens is 2. The number of carbonyl (C=O) groups is 1. The van der Waals surface area contributed by atoms with Crippen LogP contribution in [0.1, 0.15) is 23.1 Å². The maximum atomic E-state index is 11.7. The zero-order valence-corrected chi connectivity index (χ0v) is 11.3. The van der Waals surface area contributed by atoms with Crippen molar-refractivity contribution in [1.82, 2.24) is 20.4 Å². The number of carbonyl (C=O) groups excluding carboxylic acids is 1. The molecule has 1 aromatic rings. The summed E-state index contributed by atoms with van der Waals surface area (Å²) in [5.41, 5.74) is 0. The van der Waals surface area contributed by atoms with Gasteiger partial charge in [0.1, 0.15) is 0 Å². The summed E-state index contributed by atoms with van der Waals surface area (Å²) in [5, 5.41) is 14.6. The molecule has 0 aliphatic carbocycles. The summed E-state index contributed by atoms with van der Waals surface area (Å²) < 4.78 is 0. The maximum absolute atomic E-state index is 11.7. The number of anilines is 1. The molecule has 2 N–H and O–H groups in total. The summed E-state index contributed by atoms with van der Waals surface area (Å²) >= 11 is 1.27. The third-order valence-corrected chi connectivity index (χ3v) is 2.89. The lowest BCUT2D eigenvalue weighted by Gasteiger charge is -2.08. The second-order valence-corrected chi connectivity index (χ2v) is 4.83. The number of nitrogens with one attached hydrogen (secondary N) is 2. The number of rotatable bonds is 7. The van der Waals surface area contributed by atoms with Crippen LogP contribution in [-0.2, 0) is 0 Å². The van der Waals surface area contributed by atoms with E-state index in [4.69, 9.17) is 0 Å². The van der Waals surface area contributed by atoms with Gasteiger partial charge >= 0.3 is 0 Å². The predicted molar refractivity (Wildman–Crippen MR) is 69.6 cm³/mol. The highest BCUT2D eigenvalue weighted by molar-refractivity contribution is 7.17. The molecule has 6 nitrogen and oxygen atoms in total. The minimum absolute atomic E-state index is 0.148. The van der Waals surface area contributed by atoms with Crippen LogP contribution < -0.4 is 10.6 Å². The summed E-state index contributed by atoms with van der Waals surface area (Å²) in [5.74, 6) is -0.148. The second-order valence-electron chi connectivity index (χ2n) is 3.86. The molecule has 0 aromatic carbocycles. The van der Waals surface area contributed by atoms with Crippen molar-refractivity contribution >= 4 is 22.4 Å². The Labute approximate surface area is 105 Å². The molecule has 96 valence electrons. The highest BCUT2D eigenvalue weighted by Crippen LogP contribution is 2.14. The molecule has 0 fully saturated rings. The average Bonchev–Trinajstić information content (AvgIpc) is 2.73. The van der Waals surface area contributed by atoms with E-state index in [9.17, 15) is 4.79 Å². The first kappa shape index (κ1) is 13.9. The van der Waals surface area contributed by atoms with Crippen LogP contribution in [0.3, 0.4) is 0 Å². The Bertz CT molecular complexity index is 352. The first-order valence-corrected chi connectivity index (χ1v) is 6.45. The molecule has 1 amide bonds. The molecule has 0 radical (unpaired) electrons. The fourth-order valence-corrected chi connectivity index (χ4v) is 1.94. The van der Waals surface area contributed by atoms with E-state index in [0.717, 1.165) is 19.5 Å². The lowest BCUT2D eigenvalue weighted by Crippen LogP contribution is -2.27. The quantitative estimate of drug-likeness (QED) is 0.702. The Hall–Kier alpha value is -1.21. The third-order valence-electron chi connectivity index (χ3n) is 2.01. The first-order chi connectivity index (χ1) is 8.13. The zero-order valence-electron chi connectivity index (χ0n) is 10.5. The second kappa shape index (κ2) is 7.18. The minimum Gasteiger partial charge on any atom is -0.360 e. The van der Waals surface area contributed by atoms with Crippen LogP contribution in [0.5, 0.6) is 0 Å². The molecule has 0 atom stereocenters. The van der Waals surface area contributed by atoms with Crippen molar-refractivity contribution in [3.63, 3.8) is 0 Å². The van der Waals surface area contributed by atoms with Gasteiger partial charge in [0.2, 0.25) is 10.1 Å². The Kier molecular flexibility index (Phi) is 5.85. The van der Waals surface area contributed by atoms with Crippen LogP contribution >= 0.6 is 11.3 Å². The Morgan fingerprint density at radius 2 is 2.18 bits per heavy atom. The van der Waals surface area contributed by atoms with Crippen molar-refractivity contribution in [2.75, 3.05) is 39.0 Å². The van der Waals surface area contributed by atoms with Crippen LogP contribution in [0.25, 0.3) is 0 Å². The number of hydrogen-bond donors (Lipinski definition) is 2. The van der Waals surface area contributed by atoms with Crippen LogP contribution in [0, 0.1) is 0 Å². The summed E-state index contributed by atoms with van der Waals surface area (Å²) in [7, 11) is 4.02. The standard InChI is InChI=1S/C10H19N5OS/c1-4-11-10-14-13-9(17-10)8(16)12-6-5-7-15(2)3/h4-7H2,1-3H3,(H,11,14)(H,12,16). The first-order valence-electron chi connectivity index (χ1n) is 5.63. The van der Waals surface area contributed by atoms with Gasteiger partial charge in [0.25, 0.3) is 5.91 Å². The van der Waals surface area contributed by atoms with E-state index in [-0.39, 0.29) is 5.91 Å². The van der Waals surface area contributed by atoms with Crippen molar-refractivity contribution in [2.24, 2.45) is 0 Å². The van der Waals surface area contributed by atoms with E-state index in [0.29, 0.717) is 16.7 Å². The lowest BCUT2D eigenvalue weighted by atomic mass is 10.4. The Morgan fingerprint density at radius 3 is 2.82 bits per heavy atom. The summed E-state index contributed by atoms with van der Waals surface area (Å²) in [6.07, 6.45) is 0.928. The molecule has 1 aromatic heterocycles. The van der Waals surface area contributed by atoms with E-state index in [1.807, 2.05) is 21.0 Å². The lowest BCUT2D eigenvalue weighted by molar-refractivity contribution is 0.0951. The smallest absolute Gasteiger partial charge is 0.282 e. The predicted octanol–water partition coefficient (Wildman–Crippen LogP) is 0.651. The highest BCUT2D eigenvalue weighted by atomic mass is 32.1. The number of hydrogen-bond acceptors (Lipinski definition) is 6. The van der Waals surface area contributed by atoms with Gasteiger partial charge < -0.3 is 15.5 Å². The minimum atomic E-state index is -0.148. The van der Waals surface area contributed by atoms with Gasteiger partial charge in [-0.05, 0) is 34.0 Å². The molecule has 0 bridgehead atoms. The molecule has 0 unspecified atom stereocenters. The van der Waals surface area contributed by atoms with Crippen molar-refractivity contribution in [2.45, 2.75) is 13.3 Å². The maximum Gasteiger partial charge on any atom is 0.282 e. The van der Waals surface area contributed by atoms with E-state index in [2.05, 4.69) is 25.7 Å². The monoisotopic (exact) mass is 257 g/mol. The van der Waals surface area contributed by atoms with Crippen LogP contribution in [0.2, 0.25) is 0 Å². The fraction of sp³-hybridized carbons (Fsp3) is 0.700. The molecule has 0 aliphatic rings. The number of amides is 1. The molecular formula is C10H19N5OS. The highest BCUT2D eigenvalue weighted by Gasteiger charge is 2.11. The van der Waals surface area contributed by atoms with Gasteiger partial charge in [0.05, 0.1) is 0 Å². The SMILES string of the molecule is CCNc1nnc(C(=O)NCCCN(C)C)s1. The van der Waals surface area contributed by atoms with Crippen molar-refractivity contribution in [3.05, 3.63) is 5.01 Å². The molecule has 0 saturated carbocycles. The van der Waals surface area contributed by atoms with Crippen molar-refractivity contribution < 1.29 is 4.79 Å². The van der Waals surface area contributed by atoms with Crippen molar-refractivity contribution in [3.8, 4) is 0 Å². The molecule has 1 heterocycles. The normalized spacial score (nSPS) is 10.6. The topological polar surface area (TPSA) is 70.1 Å². The summed E-state index contributed by atoms with van der Waals surface area (Å²) in [6, 6.07) is 0. The fourth-order valence-electron chi connectivity index (χ4n) is 1.21. The largest absolute Gasteiger partial charge is 0.360 e. The van der Waals surface area contributed by atoms with Gasteiger partial charge in [0.15, 0.2) is 0 Å². The van der Waals surface area contributed by atoms with Crippen LogP contribution in [0.15, 0.2) is 0 Å². The van der Waals surface area contributed by atoms with Crippen LogP contribution in [-0.4, -0.2) is 54.7 Å². The number of nitrogens with zero attached hydrogens (tertiary/aromatic N) is 3. The van der Waals surface area contributed by atoms with Gasteiger partial charge in [0, 0.05) is 13.1 Å². The van der Waals surface area contributed by atoms with Gasteiger partial charge in [-0.2, -0.15) is 0 Å². The molecule has 0 aliphatic heterocycles. The van der Waals surface area contributed by atoms with Crippen molar-refractivity contribution in [1.29, 1.82) is 0 Å². The van der Waals surface area contributed by atoms with E-state index < -0.39 is 0 Å². The third kappa shape index (κ3) is 5.10. The molecule has 1 rings (SSSR count). The summed E-state index contributed by atoms with van der Waals surface area (Å²) in [6.45, 7) is 4.37. The molecule has 17 heavy (non-hydrogen) atoms. The molecular weight excluding hydrogens is 238 g/mol. The zero-order chi connectivity index (χ0) is 12.7. The van der Waals surface area contributed by atoms with Crippen LogP contribution in [0.4, 0.5) is 5.13 Å². The molecule has 7 heteroatoms. The van der Waals surface area contributed by atoms with E-state index in [1.165, 1.54) is 11.3 Å².